The predicted molar refractivity (Wildman–Crippen MR) is 86.4 cm³/mol. The van der Waals surface area contributed by atoms with Crippen molar-refractivity contribution in [3.8, 4) is 0 Å². The molecule has 0 bridgehead atoms. The molecule has 0 aromatic heterocycles. The van der Waals surface area contributed by atoms with E-state index in [0.717, 1.165) is 0 Å². The Morgan fingerprint density at radius 3 is 2.48 bits per heavy atom. The molecule has 2 rings (SSSR count). The van der Waals surface area contributed by atoms with Gasteiger partial charge in [-0.2, -0.15) is 0 Å². The summed E-state index contributed by atoms with van der Waals surface area (Å²) in [6.45, 7) is 1.96. The van der Waals surface area contributed by atoms with Crippen LogP contribution in [0.25, 0.3) is 0 Å². The summed E-state index contributed by atoms with van der Waals surface area (Å²) in [6, 6.07) is 10.4. The fourth-order valence-corrected chi connectivity index (χ4v) is 1.96. The lowest BCUT2D eigenvalue weighted by Gasteiger charge is -2.08. The Morgan fingerprint density at radius 2 is 1.83 bits per heavy atom. The predicted octanol–water partition coefficient (Wildman–Crippen LogP) is 4.30. The van der Waals surface area contributed by atoms with Gasteiger partial charge in [0, 0.05) is 11.3 Å². The van der Waals surface area contributed by atoms with E-state index in [1.165, 1.54) is 30.3 Å². The van der Waals surface area contributed by atoms with Crippen LogP contribution in [0.3, 0.4) is 0 Å². The number of amides is 2. The second kappa shape index (κ2) is 7.60. The van der Waals surface area contributed by atoms with Crippen molar-refractivity contribution in [2.45, 2.75) is 6.92 Å². The third-order valence-electron chi connectivity index (χ3n) is 2.87. The molecular weight excluding hydrogens is 323 g/mol. The number of hydrogen-bond acceptors (Lipinski definition) is 3. The summed E-state index contributed by atoms with van der Waals surface area (Å²) in [6.07, 6.45) is -0.578. The molecule has 0 atom stereocenters. The Hall–Kier alpha value is -2.60. The van der Waals surface area contributed by atoms with Gasteiger partial charge in [-0.15, -0.1) is 0 Å². The fourth-order valence-electron chi connectivity index (χ4n) is 1.78. The van der Waals surface area contributed by atoms with Gasteiger partial charge in [-0.05, 0) is 43.3 Å². The lowest BCUT2D eigenvalue weighted by Crippen LogP contribution is -2.15. The van der Waals surface area contributed by atoms with E-state index in [1.807, 2.05) is 0 Å². The van der Waals surface area contributed by atoms with Gasteiger partial charge in [-0.1, -0.05) is 17.7 Å². The Balaban J connectivity index is 2.05. The first-order chi connectivity index (χ1) is 11.0. The Kier molecular flexibility index (Phi) is 5.54. The topological polar surface area (TPSA) is 67.4 Å². The van der Waals surface area contributed by atoms with Crippen LogP contribution >= 0.6 is 11.6 Å². The van der Waals surface area contributed by atoms with Crippen molar-refractivity contribution in [3.63, 3.8) is 0 Å². The second-order valence-electron chi connectivity index (χ2n) is 4.48. The summed E-state index contributed by atoms with van der Waals surface area (Å²) in [5, 5.41) is 4.87. The SMILES string of the molecule is CCOC(=O)Nc1ccc(C(=O)Nc2cccc(Cl)c2F)cc1. The lowest BCUT2D eigenvalue weighted by atomic mass is 10.2. The number of halogens is 2. The maximum atomic E-state index is 13.7. The molecule has 0 aliphatic carbocycles. The normalized spacial score (nSPS) is 10.0. The van der Waals surface area contributed by atoms with Gasteiger partial charge in [-0.25, -0.2) is 9.18 Å². The molecule has 2 aromatic carbocycles. The summed E-state index contributed by atoms with van der Waals surface area (Å²) >= 11 is 5.66. The molecule has 0 fully saturated rings. The average molecular weight is 337 g/mol. The Morgan fingerprint density at radius 1 is 1.13 bits per heavy atom. The van der Waals surface area contributed by atoms with Crippen molar-refractivity contribution >= 4 is 35.0 Å². The Labute approximate surface area is 137 Å². The number of ether oxygens (including phenoxy) is 1. The van der Waals surface area contributed by atoms with E-state index >= 15 is 0 Å². The molecule has 23 heavy (non-hydrogen) atoms. The van der Waals surface area contributed by atoms with E-state index in [0.29, 0.717) is 11.3 Å². The Bertz CT molecular complexity index is 720. The van der Waals surface area contributed by atoms with Gasteiger partial charge in [0.2, 0.25) is 0 Å². The number of carbonyl (C=O) groups excluding carboxylic acids is 2. The van der Waals surface area contributed by atoms with Gasteiger partial charge in [0.1, 0.15) is 0 Å². The quantitative estimate of drug-likeness (QED) is 0.874. The standard InChI is InChI=1S/C16H14ClFN2O3/c1-2-23-16(22)19-11-8-6-10(7-9-11)15(21)20-13-5-3-4-12(17)14(13)18/h3-9H,2H2,1H3,(H,19,22)(H,20,21). The maximum absolute atomic E-state index is 13.7. The first kappa shape index (κ1) is 16.8. The first-order valence-corrected chi connectivity index (χ1v) is 7.18. The van der Waals surface area contributed by atoms with Crippen LogP contribution in [-0.4, -0.2) is 18.6 Å². The molecule has 0 heterocycles. The number of rotatable bonds is 4. The highest BCUT2D eigenvalue weighted by Gasteiger charge is 2.11. The van der Waals surface area contributed by atoms with E-state index in [-0.39, 0.29) is 17.3 Å². The third-order valence-corrected chi connectivity index (χ3v) is 3.16. The molecule has 0 radical (unpaired) electrons. The molecule has 2 aromatic rings. The molecule has 7 heteroatoms. The van der Waals surface area contributed by atoms with E-state index in [9.17, 15) is 14.0 Å². The van der Waals surface area contributed by atoms with Crippen LogP contribution in [0.15, 0.2) is 42.5 Å². The molecule has 120 valence electrons. The van der Waals surface area contributed by atoms with Crippen LogP contribution in [0.5, 0.6) is 0 Å². The number of hydrogen-bond donors (Lipinski definition) is 2. The largest absolute Gasteiger partial charge is 0.450 e. The molecule has 0 unspecified atom stereocenters. The second-order valence-corrected chi connectivity index (χ2v) is 4.89. The summed E-state index contributed by atoms with van der Waals surface area (Å²) in [5.74, 6) is -1.18. The summed E-state index contributed by atoms with van der Waals surface area (Å²) in [4.78, 5) is 23.4. The molecule has 0 spiro atoms. The monoisotopic (exact) mass is 336 g/mol. The van der Waals surface area contributed by atoms with E-state index < -0.39 is 17.8 Å². The minimum absolute atomic E-state index is 0.00350. The van der Waals surface area contributed by atoms with Crippen LogP contribution in [0.4, 0.5) is 20.6 Å². The van der Waals surface area contributed by atoms with Gasteiger partial charge >= 0.3 is 6.09 Å². The van der Waals surface area contributed by atoms with Gasteiger partial charge in [0.05, 0.1) is 17.3 Å². The fraction of sp³-hybridized carbons (Fsp3) is 0.125. The van der Waals surface area contributed by atoms with E-state index in [2.05, 4.69) is 10.6 Å². The molecular formula is C16H14ClFN2O3. The van der Waals surface area contributed by atoms with Crippen LogP contribution in [0, 0.1) is 5.82 Å². The zero-order valence-electron chi connectivity index (χ0n) is 12.2. The van der Waals surface area contributed by atoms with Crippen molar-refractivity contribution in [2.75, 3.05) is 17.2 Å². The zero-order valence-corrected chi connectivity index (χ0v) is 13.0. The number of carbonyl (C=O) groups is 2. The van der Waals surface area contributed by atoms with E-state index in [4.69, 9.17) is 16.3 Å². The third kappa shape index (κ3) is 4.43. The summed E-state index contributed by atoms with van der Waals surface area (Å²) < 4.78 is 18.5. The van der Waals surface area contributed by atoms with Crippen LogP contribution < -0.4 is 10.6 Å². The van der Waals surface area contributed by atoms with Crippen molar-refractivity contribution < 1.29 is 18.7 Å². The summed E-state index contributed by atoms with van der Waals surface area (Å²) in [5.41, 5.74) is 0.781. The number of anilines is 2. The minimum atomic E-state index is -0.692. The van der Waals surface area contributed by atoms with Gasteiger partial charge in [0.25, 0.3) is 5.91 Å². The van der Waals surface area contributed by atoms with Crippen molar-refractivity contribution in [1.29, 1.82) is 0 Å². The molecule has 2 amide bonds. The molecule has 5 nitrogen and oxygen atoms in total. The van der Waals surface area contributed by atoms with Crippen molar-refractivity contribution in [1.82, 2.24) is 0 Å². The van der Waals surface area contributed by atoms with Crippen molar-refractivity contribution in [2.24, 2.45) is 0 Å². The van der Waals surface area contributed by atoms with Crippen LogP contribution in [-0.2, 0) is 4.74 Å². The molecule has 0 aliphatic heterocycles. The molecule has 0 saturated heterocycles. The highest BCUT2D eigenvalue weighted by Crippen LogP contribution is 2.22. The first-order valence-electron chi connectivity index (χ1n) is 6.80. The number of benzene rings is 2. The molecule has 0 saturated carbocycles. The maximum Gasteiger partial charge on any atom is 0.411 e. The molecule has 0 aliphatic rings. The van der Waals surface area contributed by atoms with Gasteiger partial charge < -0.3 is 10.1 Å². The zero-order chi connectivity index (χ0) is 16.8. The molecule has 2 N–H and O–H groups in total. The smallest absolute Gasteiger partial charge is 0.411 e. The van der Waals surface area contributed by atoms with Crippen LogP contribution in [0.2, 0.25) is 5.02 Å². The highest BCUT2D eigenvalue weighted by molar-refractivity contribution is 6.31. The van der Waals surface area contributed by atoms with Gasteiger partial charge in [-0.3, -0.25) is 10.1 Å². The lowest BCUT2D eigenvalue weighted by molar-refractivity contribution is 0.102. The van der Waals surface area contributed by atoms with Crippen LogP contribution in [0.1, 0.15) is 17.3 Å². The van der Waals surface area contributed by atoms with Crippen molar-refractivity contribution in [3.05, 3.63) is 58.9 Å². The minimum Gasteiger partial charge on any atom is -0.450 e. The summed E-state index contributed by atoms with van der Waals surface area (Å²) in [7, 11) is 0. The van der Waals surface area contributed by atoms with E-state index in [1.54, 1.807) is 19.1 Å². The highest BCUT2D eigenvalue weighted by atomic mass is 35.5. The average Bonchev–Trinajstić information content (AvgIpc) is 2.52. The number of nitrogens with one attached hydrogen (secondary N) is 2. The van der Waals surface area contributed by atoms with Gasteiger partial charge in [0.15, 0.2) is 5.82 Å².